The number of hydrogen-bond donors (Lipinski definition) is 0. The van der Waals surface area contributed by atoms with E-state index in [4.69, 9.17) is 4.74 Å². The quantitative estimate of drug-likeness (QED) is 0.613. The standard InChI is InChI=1S/C25H29N3O3/c1-3-31-21-10-8-19(9-11-21)16-24(29)27-14-12-20(13-15-27)17-28-18(2)26-23-7-5-4-6-22(23)25(28)30/h4-11,20H,3,12-17H2,1-2H3. The third-order valence-corrected chi connectivity index (χ3v) is 6.05. The van der Waals surface area contributed by atoms with Gasteiger partial charge >= 0.3 is 0 Å². The van der Waals surface area contributed by atoms with E-state index in [9.17, 15) is 9.59 Å². The second kappa shape index (κ2) is 9.33. The number of nitrogens with zero attached hydrogens (tertiary/aromatic N) is 3. The van der Waals surface area contributed by atoms with Gasteiger partial charge in [-0.2, -0.15) is 0 Å². The van der Waals surface area contributed by atoms with E-state index in [2.05, 4.69) is 4.98 Å². The summed E-state index contributed by atoms with van der Waals surface area (Å²) in [5.74, 6) is 2.10. The van der Waals surface area contributed by atoms with Gasteiger partial charge in [0.05, 0.1) is 23.9 Å². The Morgan fingerprint density at radius 1 is 1.10 bits per heavy atom. The van der Waals surface area contributed by atoms with Crippen LogP contribution < -0.4 is 10.3 Å². The van der Waals surface area contributed by atoms with Gasteiger partial charge in [-0.15, -0.1) is 0 Å². The van der Waals surface area contributed by atoms with Crippen LogP contribution in [0.2, 0.25) is 0 Å². The second-order valence-electron chi connectivity index (χ2n) is 8.17. The van der Waals surface area contributed by atoms with Crippen molar-refractivity contribution in [2.24, 2.45) is 5.92 Å². The zero-order valence-electron chi connectivity index (χ0n) is 18.2. The number of fused-ring (bicyclic) bond motifs is 1. The van der Waals surface area contributed by atoms with E-state index < -0.39 is 0 Å². The smallest absolute Gasteiger partial charge is 0.261 e. The van der Waals surface area contributed by atoms with Crippen molar-refractivity contribution in [2.45, 2.75) is 39.7 Å². The van der Waals surface area contributed by atoms with E-state index in [0.717, 1.165) is 48.6 Å². The maximum atomic E-state index is 12.9. The van der Waals surface area contributed by atoms with E-state index >= 15 is 0 Å². The highest BCUT2D eigenvalue weighted by atomic mass is 16.5. The first-order chi connectivity index (χ1) is 15.0. The molecule has 1 amide bonds. The van der Waals surface area contributed by atoms with Crippen molar-refractivity contribution in [3.05, 3.63) is 70.3 Å². The zero-order valence-corrected chi connectivity index (χ0v) is 18.2. The van der Waals surface area contributed by atoms with Gasteiger partial charge in [0.15, 0.2) is 0 Å². The van der Waals surface area contributed by atoms with Gasteiger partial charge in [-0.05, 0) is 62.4 Å². The topological polar surface area (TPSA) is 64.4 Å². The zero-order chi connectivity index (χ0) is 21.8. The molecule has 6 heteroatoms. The van der Waals surface area contributed by atoms with Crippen molar-refractivity contribution in [2.75, 3.05) is 19.7 Å². The maximum absolute atomic E-state index is 12.9. The number of likely N-dealkylation sites (tertiary alicyclic amines) is 1. The van der Waals surface area contributed by atoms with Crippen LogP contribution in [0.1, 0.15) is 31.2 Å². The lowest BCUT2D eigenvalue weighted by atomic mass is 9.96. The van der Waals surface area contributed by atoms with Crippen LogP contribution in [0.4, 0.5) is 0 Å². The van der Waals surface area contributed by atoms with Crippen molar-refractivity contribution < 1.29 is 9.53 Å². The summed E-state index contributed by atoms with van der Waals surface area (Å²) in [4.78, 5) is 32.2. The first kappa shape index (κ1) is 21.1. The number of carbonyl (C=O) groups is 1. The molecule has 31 heavy (non-hydrogen) atoms. The molecule has 1 aliphatic rings. The van der Waals surface area contributed by atoms with Gasteiger partial charge in [-0.3, -0.25) is 14.2 Å². The molecule has 0 spiro atoms. The van der Waals surface area contributed by atoms with Crippen LogP contribution in [-0.2, 0) is 17.8 Å². The first-order valence-electron chi connectivity index (χ1n) is 11.0. The van der Waals surface area contributed by atoms with Gasteiger partial charge in [0.2, 0.25) is 5.91 Å². The minimum atomic E-state index is 0.0251. The van der Waals surface area contributed by atoms with Gasteiger partial charge in [0.25, 0.3) is 5.56 Å². The van der Waals surface area contributed by atoms with Crippen molar-refractivity contribution in [1.29, 1.82) is 0 Å². The minimum Gasteiger partial charge on any atom is -0.494 e. The summed E-state index contributed by atoms with van der Waals surface area (Å²) < 4.78 is 7.26. The number of benzene rings is 2. The molecule has 6 nitrogen and oxygen atoms in total. The van der Waals surface area contributed by atoms with E-state index in [1.807, 2.05) is 67.3 Å². The highest BCUT2D eigenvalue weighted by Gasteiger charge is 2.24. The van der Waals surface area contributed by atoms with Crippen LogP contribution in [0.5, 0.6) is 5.75 Å². The maximum Gasteiger partial charge on any atom is 0.261 e. The Morgan fingerprint density at radius 2 is 1.81 bits per heavy atom. The first-order valence-corrected chi connectivity index (χ1v) is 11.0. The molecule has 0 saturated carbocycles. The monoisotopic (exact) mass is 419 g/mol. The fourth-order valence-corrected chi connectivity index (χ4v) is 4.27. The average molecular weight is 420 g/mol. The Labute approximate surface area is 182 Å². The van der Waals surface area contributed by atoms with Crippen LogP contribution in [0.15, 0.2) is 53.3 Å². The largest absolute Gasteiger partial charge is 0.494 e. The summed E-state index contributed by atoms with van der Waals surface area (Å²) >= 11 is 0. The Kier molecular flexibility index (Phi) is 6.35. The van der Waals surface area contributed by atoms with Crippen LogP contribution >= 0.6 is 0 Å². The number of para-hydroxylation sites is 1. The van der Waals surface area contributed by atoms with E-state index in [1.54, 1.807) is 4.57 Å². The fourth-order valence-electron chi connectivity index (χ4n) is 4.27. The third kappa shape index (κ3) is 4.79. The number of aromatic nitrogens is 2. The molecule has 0 aliphatic carbocycles. The van der Waals surface area contributed by atoms with Gasteiger partial charge in [0.1, 0.15) is 11.6 Å². The second-order valence-corrected chi connectivity index (χ2v) is 8.17. The third-order valence-electron chi connectivity index (χ3n) is 6.05. The van der Waals surface area contributed by atoms with E-state index in [1.165, 1.54) is 0 Å². The molecule has 3 aromatic rings. The number of carbonyl (C=O) groups excluding carboxylic acids is 1. The number of rotatable bonds is 6. The predicted octanol–water partition coefficient (Wildman–Crippen LogP) is 3.58. The van der Waals surface area contributed by atoms with Crippen LogP contribution in [-0.4, -0.2) is 40.1 Å². The van der Waals surface area contributed by atoms with Gasteiger partial charge in [-0.1, -0.05) is 24.3 Å². The van der Waals surface area contributed by atoms with E-state index in [0.29, 0.717) is 30.9 Å². The lowest BCUT2D eigenvalue weighted by Crippen LogP contribution is -2.41. The van der Waals surface area contributed by atoms with Gasteiger partial charge in [-0.25, -0.2) is 4.98 Å². The van der Waals surface area contributed by atoms with Crippen LogP contribution in [0.3, 0.4) is 0 Å². The van der Waals surface area contributed by atoms with Crippen molar-refractivity contribution in [3.8, 4) is 5.75 Å². The summed E-state index contributed by atoms with van der Waals surface area (Å²) in [7, 11) is 0. The molecule has 1 aliphatic heterocycles. The number of aryl methyl sites for hydroxylation is 1. The summed E-state index contributed by atoms with van der Waals surface area (Å²) in [6.45, 7) is 6.60. The highest BCUT2D eigenvalue weighted by molar-refractivity contribution is 5.79. The average Bonchev–Trinajstić information content (AvgIpc) is 2.78. The van der Waals surface area contributed by atoms with Crippen molar-refractivity contribution in [1.82, 2.24) is 14.5 Å². The minimum absolute atomic E-state index is 0.0251. The number of ether oxygens (including phenoxy) is 1. The molecule has 0 radical (unpaired) electrons. The number of piperidine rings is 1. The summed E-state index contributed by atoms with van der Waals surface area (Å²) in [6.07, 6.45) is 2.20. The Balaban J connectivity index is 1.35. The number of hydrogen-bond acceptors (Lipinski definition) is 4. The van der Waals surface area contributed by atoms with E-state index in [-0.39, 0.29) is 11.5 Å². The molecule has 2 aromatic carbocycles. The molecule has 1 saturated heterocycles. The molecule has 0 atom stereocenters. The Hall–Kier alpha value is -3.15. The number of amides is 1. The van der Waals surface area contributed by atoms with Crippen molar-refractivity contribution >= 4 is 16.8 Å². The summed E-state index contributed by atoms with van der Waals surface area (Å²) in [5.41, 5.74) is 1.77. The molecule has 1 aromatic heterocycles. The molecule has 1 fully saturated rings. The van der Waals surface area contributed by atoms with Gasteiger partial charge in [0, 0.05) is 19.6 Å². The molecule has 162 valence electrons. The van der Waals surface area contributed by atoms with Crippen molar-refractivity contribution in [3.63, 3.8) is 0 Å². The lowest BCUT2D eigenvalue weighted by molar-refractivity contribution is -0.131. The molecule has 4 rings (SSSR count). The Bertz CT molecular complexity index is 1110. The molecule has 0 bridgehead atoms. The summed E-state index contributed by atoms with van der Waals surface area (Å²) in [6, 6.07) is 15.2. The highest BCUT2D eigenvalue weighted by Crippen LogP contribution is 2.21. The lowest BCUT2D eigenvalue weighted by Gasteiger charge is -2.32. The summed E-state index contributed by atoms with van der Waals surface area (Å²) in [5, 5.41) is 0.663. The normalized spacial score (nSPS) is 14.7. The van der Waals surface area contributed by atoms with Crippen LogP contribution in [0, 0.1) is 12.8 Å². The SMILES string of the molecule is CCOc1ccc(CC(=O)N2CCC(Cn3c(C)nc4ccccc4c3=O)CC2)cc1. The molecule has 2 heterocycles. The Morgan fingerprint density at radius 3 is 2.52 bits per heavy atom. The molecular formula is C25H29N3O3. The van der Waals surface area contributed by atoms with Crippen LogP contribution in [0.25, 0.3) is 10.9 Å². The fraction of sp³-hybridized carbons (Fsp3) is 0.400. The molecule has 0 unspecified atom stereocenters. The molecule has 0 N–H and O–H groups in total. The predicted molar refractivity (Wildman–Crippen MR) is 121 cm³/mol. The van der Waals surface area contributed by atoms with Gasteiger partial charge < -0.3 is 9.64 Å². The molecular weight excluding hydrogens is 390 g/mol.